The van der Waals surface area contributed by atoms with Gasteiger partial charge in [-0.05, 0) is 38.8 Å². The molecule has 1 aromatic rings. The van der Waals surface area contributed by atoms with Crippen molar-refractivity contribution in [1.29, 1.82) is 0 Å². The van der Waals surface area contributed by atoms with Crippen molar-refractivity contribution in [3.63, 3.8) is 0 Å². The van der Waals surface area contributed by atoms with E-state index in [9.17, 15) is 4.79 Å². The highest BCUT2D eigenvalue weighted by Gasteiger charge is 2.23. The van der Waals surface area contributed by atoms with Crippen molar-refractivity contribution < 1.29 is 9.53 Å². The van der Waals surface area contributed by atoms with Crippen molar-refractivity contribution >= 4 is 5.91 Å². The number of hydrogen-bond donors (Lipinski definition) is 0. The first kappa shape index (κ1) is 16.5. The van der Waals surface area contributed by atoms with E-state index < -0.39 is 0 Å². The first-order chi connectivity index (χ1) is 9.65. The molecular formula is C16H26N2O2. The Hall–Kier alpha value is -1.58. The summed E-state index contributed by atoms with van der Waals surface area (Å²) in [7, 11) is 0. The third-order valence-electron chi connectivity index (χ3n) is 3.42. The molecule has 0 aliphatic heterocycles. The van der Waals surface area contributed by atoms with Crippen molar-refractivity contribution in [3.05, 3.63) is 23.9 Å². The van der Waals surface area contributed by atoms with Gasteiger partial charge in [-0.2, -0.15) is 0 Å². The van der Waals surface area contributed by atoms with Crippen LogP contribution in [0, 0.1) is 0 Å². The maximum Gasteiger partial charge on any atom is 0.259 e. The summed E-state index contributed by atoms with van der Waals surface area (Å²) < 4.78 is 5.47. The average molecular weight is 278 g/mol. The molecule has 4 heteroatoms. The molecule has 1 unspecified atom stereocenters. The van der Waals surface area contributed by atoms with Crippen LogP contribution >= 0.6 is 0 Å². The van der Waals surface area contributed by atoms with Crippen LogP contribution in [0.3, 0.4) is 0 Å². The molecule has 0 saturated heterocycles. The molecule has 4 nitrogen and oxygen atoms in total. The maximum atomic E-state index is 12.8. The van der Waals surface area contributed by atoms with Crippen molar-refractivity contribution in [2.45, 2.75) is 53.0 Å². The summed E-state index contributed by atoms with van der Waals surface area (Å²) in [5.74, 6) is 0.453. The number of carbonyl (C=O) groups is 1. The van der Waals surface area contributed by atoms with Crippen LogP contribution in [0.15, 0.2) is 18.3 Å². The number of hydrogen-bond acceptors (Lipinski definition) is 3. The molecular weight excluding hydrogens is 252 g/mol. The first-order valence-corrected chi connectivity index (χ1v) is 7.54. The van der Waals surface area contributed by atoms with Crippen molar-refractivity contribution in [3.8, 4) is 5.88 Å². The Morgan fingerprint density at radius 3 is 2.75 bits per heavy atom. The van der Waals surface area contributed by atoms with Gasteiger partial charge in [0, 0.05) is 18.8 Å². The van der Waals surface area contributed by atoms with Crippen LogP contribution in [-0.4, -0.2) is 35.0 Å². The Bertz CT molecular complexity index is 421. The molecule has 0 aromatic carbocycles. The van der Waals surface area contributed by atoms with E-state index in [0.717, 1.165) is 25.8 Å². The minimum absolute atomic E-state index is 0.0179. The molecule has 0 saturated carbocycles. The molecule has 20 heavy (non-hydrogen) atoms. The SMILES string of the molecule is CCCCN(C(=O)c1cccnc1OCC)C(C)CC. The lowest BCUT2D eigenvalue weighted by atomic mass is 10.1. The van der Waals surface area contributed by atoms with Crippen molar-refractivity contribution in [2.24, 2.45) is 0 Å². The summed E-state index contributed by atoms with van der Waals surface area (Å²) >= 11 is 0. The summed E-state index contributed by atoms with van der Waals surface area (Å²) in [6.45, 7) is 9.51. The van der Waals surface area contributed by atoms with Crippen LogP contribution in [0.1, 0.15) is 57.3 Å². The molecule has 1 heterocycles. The number of aromatic nitrogens is 1. The molecule has 1 atom stereocenters. The first-order valence-electron chi connectivity index (χ1n) is 7.54. The summed E-state index contributed by atoms with van der Waals surface area (Å²) in [5, 5.41) is 0. The van der Waals surface area contributed by atoms with E-state index in [1.165, 1.54) is 0 Å². The fourth-order valence-electron chi connectivity index (χ4n) is 2.03. The second-order valence-electron chi connectivity index (χ2n) is 4.90. The largest absolute Gasteiger partial charge is 0.477 e. The smallest absolute Gasteiger partial charge is 0.259 e. The quantitative estimate of drug-likeness (QED) is 0.730. The molecule has 1 aromatic heterocycles. The minimum atomic E-state index is 0.0179. The fourth-order valence-corrected chi connectivity index (χ4v) is 2.03. The standard InChI is InChI=1S/C16H26N2O2/c1-5-8-12-18(13(4)6-2)16(19)14-10-9-11-17-15(14)20-7-3/h9-11,13H,5-8,12H2,1-4H3. The van der Waals surface area contributed by atoms with Gasteiger partial charge in [-0.1, -0.05) is 20.3 Å². The van der Waals surface area contributed by atoms with E-state index in [0.29, 0.717) is 18.1 Å². The van der Waals surface area contributed by atoms with Crippen LogP contribution in [0.4, 0.5) is 0 Å². The van der Waals surface area contributed by atoms with Gasteiger partial charge in [0.25, 0.3) is 5.91 Å². The third-order valence-corrected chi connectivity index (χ3v) is 3.42. The molecule has 1 amide bonds. The van der Waals surface area contributed by atoms with Crippen LogP contribution in [0.2, 0.25) is 0 Å². The molecule has 0 aliphatic rings. The van der Waals surface area contributed by atoms with Crippen LogP contribution in [0.5, 0.6) is 5.88 Å². The maximum absolute atomic E-state index is 12.8. The summed E-state index contributed by atoms with van der Waals surface area (Å²) in [6, 6.07) is 3.80. The lowest BCUT2D eigenvalue weighted by Gasteiger charge is -2.29. The highest BCUT2D eigenvalue weighted by Crippen LogP contribution is 2.19. The summed E-state index contributed by atoms with van der Waals surface area (Å²) in [6.07, 6.45) is 4.69. The monoisotopic (exact) mass is 278 g/mol. The zero-order valence-electron chi connectivity index (χ0n) is 13.1. The van der Waals surface area contributed by atoms with E-state index in [2.05, 4.69) is 25.8 Å². The molecule has 0 spiro atoms. The highest BCUT2D eigenvalue weighted by atomic mass is 16.5. The van der Waals surface area contributed by atoms with Gasteiger partial charge >= 0.3 is 0 Å². The predicted molar refractivity (Wildman–Crippen MR) is 81.1 cm³/mol. The Morgan fingerprint density at radius 1 is 1.40 bits per heavy atom. The van der Waals surface area contributed by atoms with Gasteiger partial charge in [0.05, 0.1) is 6.61 Å². The van der Waals surface area contributed by atoms with Gasteiger partial charge in [0.1, 0.15) is 5.56 Å². The van der Waals surface area contributed by atoms with Crippen molar-refractivity contribution in [2.75, 3.05) is 13.2 Å². The zero-order chi connectivity index (χ0) is 15.0. The minimum Gasteiger partial charge on any atom is -0.477 e. The molecule has 0 radical (unpaired) electrons. The topological polar surface area (TPSA) is 42.4 Å². The van der Waals surface area contributed by atoms with Crippen LogP contribution < -0.4 is 4.74 Å². The van der Waals surface area contributed by atoms with E-state index in [1.807, 2.05) is 11.8 Å². The summed E-state index contributed by atoms with van der Waals surface area (Å²) in [4.78, 5) is 18.9. The van der Waals surface area contributed by atoms with Crippen LogP contribution in [-0.2, 0) is 0 Å². The van der Waals surface area contributed by atoms with Gasteiger partial charge in [-0.15, -0.1) is 0 Å². The van der Waals surface area contributed by atoms with E-state index in [-0.39, 0.29) is 11.9 Å². The number of carbonyl (C=O) groups excluding carboxylic acids is 1. The molecule has 0 bridgehead atoms. The second-order valence-corrected chi connectivity index (χ2v) is 4.90. The second kappa shape index (κ2) is 8.56. The number of ether oxygens (including phenoxy) is 1. The predicted octanol–water partition coefficient (Wildman–Crippen LogP) is 3.52. The van der Waals surface area contributed by atoms with Gasteiger partial charge < -0.3 is 9.64 Å². The fraction of sp³-hybridized carbons (Fsp3) is 0.625. The summed E-state index contributed by atoms with van der Waals surface area (Å²) in [5.41, 5.74) is 0.561. The number of nitrogens with zero attached hydrogens (tertiary/aromatic N) is 2. The normalized spacial score (nSPS) is 12.0. The van der Waals surface area contributed by atoms with Gasteiger partial charge in [-0.25, -0.2) is 4.98 Å². The van der Waals surface area contributed by atoms with E-state index in [1.54, 1.807) is 18.3 Å². The zero-order valence-corrected chi connectivity index (χ0v) is 13.1. The lowest BCUT2D eigenvalue weighted by molar-refractivity contribution is 0.0680. The molecule has 0 N–H and O–H groups in total. The molecule has 1 rings (SSSR count). The number of pyridine rings is 1. The Morgan fingerprint density at radius 2 is 2.15 bits per heavy atom. The number of amides is 1. The van der Waals surface area contributed by atoms with E-state index >= 15 is 0 Å². The third kappa shape index (κ3) is 4.22. The van der Waals surface area contributed by atoms with E-state index in [4.69, 9.17) is 4.74 Å². The Labute approximate surface area is 122 Å². The Balaban J connectivity index is 2.98. The average Bonchev–Trinajstić information content (AvgIpc) is 2.48. The number of rotatable bonds is 8. The molecule has 112 valence electrons. The van der Waals surface area contributed by atoms with Gasteiger partial charge in [-0.3, -0.25) is 4.79 Å². The van der Waals surface area contributed by atoms with Crippen molar-refractivity contribution in [1.82, 2.24) is 9.88 Å². The molecule has 0 aliphatic carbocycles. The lowest BCUT2D eigenvalue weighted by Crippen LogP contribution is -2.39. The molecule has 0 fully saturated rings. The Kier molecular flexibility index (Phi) is 7.05. The highest BCUT2D eigenvalue weighted by molar-refractivity contribution is 5.96. The van der Waals surface area contributed by atoms with Gasteiger partial charge in [0.15, 0.2) is 0 Å². The van der Waals surface area contributed by atoms with Crippen LogP contribution in [0.25, 0.3) is 0 Å². The van der Waals surface area contributed by atoms with Gasteiger partial charge in [0.2, 0.25) is 5.88 Å². The number of unbranched alkanes of at least 4 members (excludes halogenated alkanes) is 1.